The van der Waals surface area contributed by atoms with Gasteiger partial charge in [-0.05, 0) is 22.0 Å². The zero-order valence-electron chi connectivity index (χ0n) is 16.4. The highest BCUT2D eigenvalue weighted by Gasteiger charge is 2.24. The molecule has 13 heteroatoms. The van der Waals surface area contributed by atoms with Gasteiger partial charge in [0.15, 0.2) is 5.69 Å². The first kappa shape index (κ1) is 22.7. The number of amides is 1. The average molecular weight is 481 g/mol. The van der Waals surface area contributed by atoms with Gasteiger partial charge in [-0.15, -0.1) is 10.2 Å². The summed E-state index contributed by atoms with van der Waals surface area (Å²) in [6.45, 7) is 1.32. The summed E-state index contributed by atoms with van der Waals surface area (Å²) in [6, 6.07) is 5.01. The van der Waals surface area contributed by atoms with Gasteiger partial charge < -0.3 is 15.0 Å². The quantitative estimate of drug-likeness (QED) is 0.341. The van der Waals surface area contributed by atoms with Crippen LogP contribution in [0.3, 0.4) is 0 Å². The van der Waals surface area contributed by atoms with E-state index in [-0.39, 0.29) is 21.8 Å². The summed E-state index contributed by atoms with van der Waals surface area (Å²) >= 11 is 3.06. The summed E-state index contributed by atoms with van der Waals surface area (Å²) in [6.07, 6.45) is 0. The van der Waals surface area contributed by atoms with E-state index in [0.29, 0.717) is 17.1 Å². The predicted octanol–water partition coefficient (Wildman–Crippen LogP) is 4.71. The fourth-order valence-electron chi connectivity index (χ4n) is 2.46. The first-order valence-electron chi connectivity index (χ1n) is 8.26. The van der Waals surface area contributed by atoms with Crippen molar-refractivity contribution in [3.8, 4) is 5.75 Å². The summed E-state index contributed by atoms with van der Waals surface area (Å²) in [5, 5.41) is 32.9. The van der Waals surface area contributed by atoms with Gasteiger partial charge in [0, 0.05) is 33.2 Å². The number of non-ortho nitro benzene ring substituents is 1. The first-order chi connectivity index (χ1) is 14.0. The molecule has 0 heterocycles. The predicted molar refractivity (Wildman–Crippen MR) is 113 cm³/mol. The van der Waals surface area contributed by atoms with Crippen molar-refractivity contribution in [2.45, 2.75) is 6.92 Å². The second-order valence-electron chi connectivity index (χ2n) is 6.13. The van der Waals surface area contributed by atoms with E-state index in [9.17, 15) is 25.0 Å². The van der Waals surface area contributed by atoms with Crippen LogP contribution in [0.1, 0.15) is 6.92 Å². The zero-order chi connectivity index (χ0) is 22.6. The van der Waals surface area contributed by atoms with Gasteiger partial charge >= 0.3 is 5.69 Å². The number of halogens is 1. The van der Waals surface area contributed by atoms with Crippen molar-refractivity contribution < 1.29 is 19.4 Å². The van der Waals surface area contributed by atoms with E-state index in [0.717, 1.165) is 12.1 Å². The molecular formula is C17H17BrN6O6. The molecule has 0 saturated heterocycles. The van der Waals surface area contributed by atoms with Gasteiger partial charge in [-0.2, -0.15) is 0 Å². The molecule has 2 aromatic carbocycles. The molecule has 1 N–H and O–H groups in total. The lowest BCUT2D eigenvalue weighted by Crippen LogP contribution is -2.12. The van der Waals surface area contributed by atoms with Crippen molar-refractivity contribution in [2.75, 3.05) is 31.4 Å². The van der Waals surface area contributed by atoms with Gasteiger partial charge in [-0.25, -0.2) is 0 Å². The number of benzene rings is 2. The van der Waals surface area contributed by atoms with Gasteiger partial charge in [-0.1, -0.05) is 0 Å². The monoisotopic (exact) mass is 480 g/mol. The summed E-state index contributed by atoms with van der Waals surface area (Å²) < 4.78 is 5.36. The number of anilines is 2. The highest BCUT2D eigenvalue weighted by atomic mass is 79.9. The lowest BCUT2D eigenvalue weighted by atomic mass is 10.2. The number of nitrogens with one attached hydrogen (secondary N) is 1. The Morgan fingerprint density at radius 2 is 1.80 bits per heavy atom. The maximum Gasteiger partial charge on any atom is 0.304 e. The van der Waals surface area contributed by atoms with Gasteiger partial charge in [0.05, 0.1) is 38.9 Å². The van der Waals surface area contributed by atoms with E-state index in [1.54, 1.807) is 25.1 Å². The molecule has 0 atom stereocenters. The van der Waals surface area contributed by atoms with Crippen molar-refractivity contribution in [3.05, 3.63) is 49.0 Å². The Balaban J connectivity index is 2.65. The van der Waals surface area contributed by atoms with Crippen LogP contribution in [-0.2, 0) is 4.79 Å². The van der Waals surface area contributed by atoms with Crippen LogP contribution in [0.15, 0.2) is 39.0 Å². The van der Waals surface area contributed by atoms with Gasteiger partial charge in [0.1, 0.15) is 11.4 Å². The van der Waals surface area contributed by atoms with Crippen LogP contribution in [0, 0.1) is 20.2 Å². The Labute approximate surface area is 179 Å². The average Bonchev–Trinajstić information content (AvgIpc) is 2.65. The largest absolute Gasteiger partial charge is 0.494 e. The van der Waals surface area contributed by atoms with E-state index in [2.05, 4.69) is 31.5 Å². The van der Waals surface area contributed by atoms with E-state index in [4.69, 9.17) is 4.74 Å². The number of hydrogen-bond donors (Lipinski definition) is 1. The Hall–Kier alpha value is -3.61. The molecule has 0 spiro atoms. The zero-order valence-corrected chi connectivity index (χ0v) is 18.0. The number of carbonyl (C=O) groups is 1. The van der Waals surface area contributed by atoms with E-state index >= 15 is 0 Å². The highest BCUT2D eigenvalue weighted by Crippen LogP contribution is 2.42. The second-order valence-corrected chi connectivity index (χ2v) is 6.98. The second kappa shape index (κ2) is 9.26. The molecule has 0 aromatic heterocycles. The summed E-state index contributed by atoms with van der Waals surface area (Å²) in [7, 11) is 5.03. The Kier molecular flexibility index (Phi) is 7.00. The van der Waals surface area contributed by atoms with E-state index in [1.165, 1.54) is 20.1 Å². The number of methoxy groups -OCH3 is 1. The number of rotatable bonds is 7. The minimum Gasteiger partial charge on any atom is -0.494 e. The molecule has 0 unspecified atom stereocenters. The number of hydrogen-bond acceptors (Lipinski definition) is 9. The van der Waals surface area contributed by atoms with Crippen molar-refractivity contribution in [1.82, 2.24) is 0 Å². The minimum absolute atomic E-state index is 0.0186. The molecule has 0 radical (unpaired) electrons. The SMILES string of the molecule is COc1cc(N=Nc2c(Br)cc([N+](=O)[O-])cc2[N+](=O)[O-])c(NC(C)=O)cc1N(C)C. The summed E-state index contributed by atoms with van der Waals surface area (Å²) in [5.74, 6) is 0.0733. The highest BCUT2D eigenvalue weighted by molar-refractivity contribution is 9.10. The molecule has 0 aliphatic heterocycles. The van der Waals surface area contributed by atoms with Gasteiger partial charge in [-0.3, -0.25) is 25.0 Å². The summed E-state index contributed by atoms with van der Waals surface area (Å²) in [5.41, 5.74) is -0.150. The van der Waals surface area contributed by atoms with Gasteiger partial charge in [0.25, 0.3) is 5.69 Å². The molecular weight excluding hydrogens is 464 g/mol. The summed E-state index contributed by atoms with van der Waals surface area (Å²) in [4.78, 5) is 34.1. The van der Waals surface area contributed by atoms with Crippen molar-refractivity contribution >= 4 is 56.0 Å². The standard InChI is InChI=1S/C17H17BrN6O6/c1-9(25)19-12-7-14(22(2)3)16(30-4)8-13(12)20-21-17-11(18)5-10(23(26)27)6-15(17)24(28)29/h5-8H,1-4H3,(H,19,25). The third-order valence-corrected chi connectivity index (χ3v) is 4.39. The number of ether oxygens (including phenoxy) is 1. The third-order valence-electron chi connectivity index (χ3n) is 3.78. The van der Waals surface area contributed by atoms with Crippen LogP contribution >= 0.6 is 15.9 Å². The maximum atomic E-state index is 11.6. The van der Waals surface area contributed by atoms with E-state index < -0.39 is 21.2 Å². The third kappa shape index (κ3) is 5.05. The fraction of sp³-hybridized carbons (Fsp3) is 0.235. The first-order valence-corrected chi connectivity index (χ1v) is 9.05. The molecule has 0 aliphatic carbocycles. The van der Waals surface area contributed by atoms with Crippen LogP contribution < -0.4 is 15.0 Å². The molecule has 1 amide bonds. The van der Waals surface area contributed by atoms with Crippen molar-refractivity contribution in [2.24, 2.45) is 10.2 Å². The molecule has 2 rings (SSSR count). The van der Waals surface area contributed by atoms with Gasteiger partial charge in [0.2, 0.25) is 5.91 Å². The van der Waals surface area contributed by atoms with Crippen LogP contribution in [0.5, 0.6) is 5.75 Å². The number of nitro benzene ring substituents is 2. The van der Waals surface area contributed by atoms with Crippen LogP contribution in [0.25, 0.3) is 0 Å². The number of nitro groups is 2. The Morgan fingerprint density at radius 3 is 2.30 bits per heavy atom. The smallest absolute Gasteiger partial charge is 0.304 e. The van der Waals surface area contributed by atoms with E-state index in [1.807, 2.05) is 0 Å². The molecule has 0 bridgehead atoms. The topological polar surface area (TPSA) is 153 Å². The maximum absolute atomic E-state index is 11.6. The normalized spacial score (nSPS) is 10.7. The number of carbonyl (C=O) groups excluding carboxylic acids is 1. The molecule has 0 saturated carbocycles. The lowest BCUT2D eigenvalue weighted by Gasteiger charge is -2.19. The van der Waals surface area contributed by atoms with Crippen molar-refractivity contribution in [1.29, 1.82) is 0 Å². The molecule has 2 aromatic rings. The van der Waals surface area contributed by atoms with Crippen LogP contribution in [0.4, 0.5) is 34.1 Å². The molecule has 0 aliphatic rings. The Morgan fingerprint density at radius 1 is 1.13 bits per heavy atom. The minimum atomic E-state index is -0.795. The number of azo groups is 1. The Bertz CT molecular complexity index is 1060. The lowest BCUT2D eigenvalue weighted by molar-refractivity contribution is -0.393. The van der Waals surface area contributed by atoms with Crippen molar-refractivity contribution in [3.63, 3.8) is 0 Å². The molecule has 30 heavy (non-hydrogen) atoms. The van der Waals surface area contributed by atoms with Crippen LogP contribution in [0.2, 0.25) is 0 Å². The molecule has 12 nitrogen and oxygen atoms in total. The molecule has 0 fully saturated rings. The molecule has 158 valence electrons. The van der Waals surface area contributed by atoms with Crippen LogP contribution in [-0.4, -0.2) is 37.0 Å². The fourth-order valence-corrected chi connectivity index (χ4v) is 2.98. The number of nitrogens with zero attached hydrogens (tertiary/aromatic N) is 5.